The van der Waals surface area contributed by atoms with Crippen molar-refractivity contribution < 1.29 is 19.2 Å². The highest BCUT2D eigenvalue weighted by Crippen LogP contribution is 2.43. The lowest BCUT2D eigenvalue weighted by Crippen LogP contribution is -2.48. The highest BCUT2D eigenvalue weighted by atomic mass is 16.2. The molecule has 2 aromatic carbocycles. The first kappa shape index (κ1) is 48.8. The van der Waals surface area contributed by atoms with Gasteiger partial charge in [-0.3, -0.25) is 29.1 Å². The minimum absolute atomic E-state index is 0.0233. The van der Waals surface area contributed by atoms with Gasteiger partial charge >= 0.3 is 0 Å². The lowest BCUT2D eigenvalue weighted by Gasteiger charge is -2.35. The summed E-state index contributed by atoms with van der Waals surface area (Å²) in [6.07, 6.45) is 7.82. The van der Waals surface area contributed by atoms with E-state index >= 15 is 0 Å². The van der Waals surface area contributed by atoms with Crippen molar-refractivity contribution in [2.45, 2.75) is 104 Å². The topological polar surface area (TPSA) is 172 Å². The van der Waals surface area contributed by atoms with Crippen molar-refractivity contribution in [3.63, 3.8) is 0 Å². The highest BCUT2D eigenvalue weighted by molar-refractivity contribution is 5.99. The largest absolute Gasteiger partial charge is 0.349 e. The van der Waals surface area contributed by atoms with E-state index < -0.39 is 0 Å². The van der Waals surface area contributed by atoms with Crippen LogP contribution in [0.2, 0.25) is 0 Å². The molecule has 4 aromatic heterocycles. The van der Waals surface area contributed by atoms with E-state index in [1.165, 1.54) is 11.1 Å². The number of amides is 4. The molecule has 18 nitrogen and oxygen atoms in total. The molecule has 6 aliphatic heterocycles. The Balaban J connectivity index is 0.000000159. The predicted molar refractivity (Wildman–Crippen MR) is 285 cm³/mol. The molecular formula is C56H66N14O4. The van der Waals surface area contributed by atoms with Crippen LogP contribution in [0.15, 0.2) is 73.1 Å². The number of hydrogen-bond donors (Lipinski definition) is 0. The van der Waals surface area contributed by atoms with E-state index in [1.54, 1.807) is 13.8 Å². The standard InChI is InChI=1S/2C28H33N7O2/c2*1-18(2)35-17-22-25(27(35)37)30-28(33-14-12-32(13-15-33)19(3)36)31-26(22)34-11-5-7-24(34)21-8-9-23-20(16-21)6-4-10-29-23/h2*4,6,8-10,16,18,24H,5,7,11-15,17H2,1-3H3. The van der Waals surface area contributed by atoms with Gasteiger partial charge in [0.25, 0.3) is 11.8 Å². The molecule has 0 radical (unpaired) electrons. The van der Waals surface area contributed by atoms with Gasteiger partial charge < -0.3 is 39.2 Å². The lowest BCUT2D eigenvalue weighted by atomic mass is 10.0. The lowest BCUT2D eigenvalue weighted by molar-refractivity contribution is -0.129. The quantitative estimate of drug-likeness (QED) is 0.156. The maximum atomic E-state index is 13.4. The third kappa shape index (κ3) is 9.16. The van der Waals surface area contributed by atoms with E-state index in [9.17, 15) is 19.2 Å². The average Bonchev–Trinajstić information content (AvgIpc) is 4.24. The minimum atomic E-state index is -0.0233. The summed E-state index contributed by atoms with van der Waals surface area (Å²) in [5, 5.41) is 2.26. The van der Waals surface area contributed by atoms with E-state index in [1.807, 2.05) is 71.8 Å². The SMILES string of the molecule is CC(=O)N1CCN(c2nc3c(c(N4CCCC4c4ccc5ncccc5c4)n2)CN(C(C)C)C3=O)CC1.CC(=O)N1CCN(c2nc3c(c(N4CCCC4c4ccc5ncccc5c4)n2)CN(C(C)C)C3=O)CC1. The molecule has 6 aromatic rings. The van der Waals surface area contributed by atoms with Crippen LogP contribution in [0.4, 0.5) is 23.5 Å². The Morgan fingerprint density at radius 3 is 1.31 bits per heavy atom. The van der Waals surface area contributed by atoms with Gasteiger partial charge in [-0.2, -0.15) is 9.97 Å². The molecule has 10 heterocycles. The second-order valence-corrected chi connectivity index (χ2v) is 21.0. The first-order chi connectivity index (χ1) is 35.8. The summed E-state index contributed by atoms with van der Waals surface area (Å²) in [5.74, 6) is 3.05. The molecule has 74 heavy (non-hydrogen) atoms. The van der Waals surface area contributed by atoms with Crippen LogP contribution in [0.3, 0.4) is 0 Å². The first-order valence-electron chi connectivity index (χ1n) is 26.5. The minimum Gasteiger partial charge on any atom is -0.349 e. The second kappa shape index (κ2) is 20.1. The van der Waals surface area contributed by atoms with Crippen molar-refractivity contribution in [1.82, 2.24) is 49.5 Å². The maximum absolute atomic E-state index is 13.4. The fourth-order valence-electron chi connectivity index (χ4n) is 11.7. The summed E-state index contributed by atoms with van der Waals surface area (Å²) in [5.41, 5.74) is 7.37. The Labute approximate surface area is 432 Å². The molecule has 0 saturated carbocycles. The Bertz CT molecular complexity index is 2940. The fraction of sp³-hybridized carbons (Fsp3) is 0.464. The molecular weight excluding hydrogens is 933 g/mol. The van der Waals surface area contributed by atoms with Crippen molar-refractivity contribution in [2.75, 3.05) is 85.0 Å². The first-order valence-corrected chi connectivity index (χ1v) is 26.5. The third-order valence-electron chi connectivity index (χ3n) is 15.9. The predicted octanol–water partition coefficient (Wildman–Crippen LogP) is 6.80. The summed E-state index contributed by atoms with van der Waals surface area (Å²) in [4.78, 5) is 95.8. The zero-order valence-electron chi connectivity index (χ0n) is 43.4. The number of carbonyl (C=O) groups excluding carboxylic acids is 4. The molecule has 4 saturated heterocycles. The number of hydrogen-bond acceptors (Lipinski definition) is 14. The molecule has 2 unspecified atom stereocenters. The zero-order chi connectivity index (χ0) is 51.4. The van der Waals surface area contributed by atoms with Crippen LogP contribution in [0.5, 0.6) is 0 Å². The average molecular weight is 999 g/mol. The molecule has 0 spiro atoms. The van der Waals surface area contributed by atoms with Gasteiger partial charge in [-0.1, -0.05) is 24.3 Å². The summed E-state index contributed by atoms with van der Waals surface area (Å²) < 4.78 is 0. The highest BCUT2D eigenvalue weighted by Gasteiger charge is 2.41. The van der Waals surface area contributed by atoms with Gasteiger partial charge in [-0.25, -0.2) is 9.97 Å². The number of carbonyl (C=O) groups is 4. The number of piperazine rings is 2. The smallest absolute Gasteiger partial charge is 0.273 e. The van der Waals surface area contributed by atoms with Gasteiger partial charge in [0.15, 0.2) is 0 Å². The number of aromatic nitrogens is 6. The van der Waals surface area contributed by atoms with Gasteiger partial charge in [-0.15, -0.1) is 0 Å². The molecule has 4 amide bonds. The van der Waals surface area contributed by atoms with Crippen LogP contribution in [0, 0.1) is 0 Å². The van der Waals surface area contributed by atoms with Crippen LogP contribution in [-0.4, -0.2) is 151 Å². The van der Waals surface area contributed by atoms with Gasteiger partial charge in [0.2, 0.25) is 23.7 Å². The number of rotatable bonds is 8. The molecule has 0 bridgehead atoms. The summed E-state index contributed by atoms with van der Waals surface area (Å²) in [7, 11) is 0. The van der Waals surface area contributed by atoms with Gasteiger partial charge in [0, 0.05) is 126 Å². The van der Waals surface area contributed by atoms with Crippen molar-refractivity contribution in [1.29, 1.82) is 0 Å². The van der Waals surface area contributed by atoms with E-state index in [0.29, 0.717) is 88.7 Å². The normalized spacial score (nSPS) is 19.9. The van der Waals surface area contributed by atoms with Crippen molar-refractivity contribution in [3.05, 3.63) is 107 Å². The fourth-order valence-corrected chi connectivity index (χ4v) is 11.7. The number of benzene rings is 2. The van der Waals surface area contributed by atoms with E-state index in [0.717, 1.165) is 83.3 Å². The molecule has 2 atom stereocenters. The number of nitrogens with zero attached hydrogens (tertiary/aromatic N) is 14. The van der Waals surface area contributed by atoms with Gasteiger partial charge in [0.05, 0.1) is 36.2 Å². The van der Waals surface area contributed by atoms with E-state index in [-0.39, 0.29) is 47.8 Å². The van der Waals surface area contributed by atoms with Crippen LogP contribution < -0.4 is 19.6 Å². The summed E-state index contributed by atoms with van der Waals surface area (Å²) >= 11 is 0. The Morgan fingerprint density at radius 2 is 0.932 bits per heavy atom. The van der Waals surface area contributed by atoms with Crippen molar-refractivity contribution >= 4 is 69.0 Å². The maximum Gasteiger partial charge on any atom is 0.273 e. The van der Waals surface area contributed by atoms with Gasteiger partial charge in [0.1, 0.15) is 23.0 Å². The Morgan fingerprint density at radius 1 is 0.527 bits per heavy atom. The monoisotopic (exact) mass is 999 g/mol. The molecule has 6 aliphatic rings. The van der Waals surface area contributed by atoms with E-state index in [2.05, 4.69) is 78.1 Å². The Hall–Kier alpha value is -7.50. The molecule has 0 N–H and O–H groups in total. The number of fused-ring (bicyclic) bond motifs is 4. The summed E-state index contributed by atoms with van der Waals surface area (Å²) in [6.45, 7) is 19.4. The number of pyridine rings is 2. The van der Waals surface area contributed by atoms with Crippen LogP contribution >= 0.6 is 0 Å². The third-order valence-corrected chi connectivity index (χ3v) is 15.9. The van der Waals surface area contributed by atoms with Crippen LogP contribution in [0.1, 0.15) is 123 Å². The number of anilines is 4. The van der Waals surface area contributed by atoms with Crippen LogP contribution in [-0.2, 0) is 22.7 Å². The Kier molecular flexibility index (Phi) is 13.2. The van der Waals surface area contributed by atoms with Crippen LogP contribution in [0.25, 0.3) is 21.8 Å². The molecule has 0 aliphatic carbocycles. The molecule has 18 heteroatoms. The van der Waals surface area contributed by atoms with Crippen molar-refractivity contribution in [3.8, 4) is 0 Å². The van der Waals surface area contributed by atoms with Gasteiger partial charge in [-0.05, 0) is 101 Å². The van der Waals surface area contributed by atoms with Crippen molar-refractivity contribution in [2.24, 2.45) is 0 Å². The molecule has 384 valence electrons. The zero-order valence-corrected chi connectivity index (χ0v) is 43.4. The second-order valence-electron chi connectivity index (χ2n) is 21.0. The summed E-state index contributed by atoms with van der Waals surface area (Å²) in [6, 6.07) is 21.7. The molecule has 4 fully saturated rings. The molecule has 12 rings (SSSR count). The van der Waals surface area contributed by atoms with E-state index in [4.69, 9.17) is 19.9 Å².